The Morgan fingerprint density at radius 3 is 2.21 bits per heavy atom. The van der Waals surface area contributed by atoms with Gasteiger partial charge in [-0.1, -0.05) is 12.1 Å². The molecule has 0 aliphatic rings. The highest BCUT2D eigenvalue weighted by Crippen LogP contribution is 2.30. The minimum absolute atomic E-state index is 0.276. The second kappa shape index (κ2) is 4.32. The zero-order valence-corrected chi connectivity index (χ0v) is 11.3. The summed E-state index contributed by atoms with van der Waals surface area (Å²) in [5.74, 6) is 0.391. The first-order valence-electron chi connectivity index (χ1n) is 5.99. The van der Waals surface area contributed by atoms with Crippen LogP contribution < -0.4 is 11.5 Å². The summed E-state index contributed by atoms with van der Waals surface area (Å²) >= 11 is 0. The highest BCUT2D eigenvalue weighted by molar-refractivity contribution is 5.73. The molecular formula is C14H17N5. The number of nitrogens with zero attached hydrogens (tertiary/aromatic N) is 3. The Kier molecular flexibility index (Phi) is 2.95. The van der Waals surface area contributed by atoms with E-state index in [2.05, 4.69) is 11.2 Å². The van der Waals surface area contributed by atoms with Crippen molar-refractivity contribution in [2.45, 2.75) is 26.3 Å². The van der Waals surface area contributed by atoms with Crippen molar-refractivity contribution in [3.8, 4) is 17.3 Å². The topological polar surface area (TPSA) is 93.6 Å². The Morgan fingerprint density at radius 2 is 1.74 bits per heavy atom. The van der Waals surface area contributed by atoms with Gasteiger partial charge < -0.3 is 11.5 Å². The average Bonchev–Trinajstić information content (AvgIpc) is 2.67. The maximum atomic E-state index is 9.29. The molecule has 0 saturated carbocycles. The lowest BCUT2D eigenvalue weighted by atomic mass is 10.1. The zero-order valence-electron chi connectivity index (χ0n) is 11.3. The van der Waals surface area contributed by atoms with Crippen molar-refractivity contribution in [3.63, 3.8) is 0 Å². The molecule has 0 atom stereocenters. The maximum absolute atomic E-state index is 9.29. The molecule has 0 amide bonds. The second-order valence-corrected chi connectivity index (χ2v) is 5.43. The molecule has 2 aromatic rings. The van der Waals surface area contributed by atoms with E-state index in [1.54, 1.807) is 16.8 Å². The number of aromatic nitrogens is 2. The van der Waals surface area contributed by atoms with Crippen LogP contribution >= 0.6 is 0 Å². The van der Waals surface area contributed by atoms with Crippen molar-refractivity contribution in [2.75, 3.05) is 11.5 Å². The van der Waals surface area contributed by atoms with Crippen LogP contribution in [0.15, 0.2) is 24.3 Å². The third-order valence-corrected chi connectivity index (χ3v) is 2.85. The van der Waals surface area contributed by atoms with Gasteiger partial charge in [0.05, 0.1) is 5.54 Å². The molecule has 0 radical (unpaired) electrons. The number of rotatable bonds is 1. The van der Waals surface area contributed by atoms with E-state index in [-0.39, 0.29) is 5.54 Å². The van der Waals surface area contributed by atoms with Crippen molar-refractivity contribution >= 4 is 11.5 Å². The first-order chi connectivity index (χ1) is 8.84. The van der Waals surface area contributed by atoms with Crippen LogP contribution in [-0.2, 0) is 5.54 Å². The average molecular weight is 255 g/mol. The van der Waals surface area contributed by atoms with Crippen LogP contribution in [0.3, 0.4) is 0 Å². The van der Waals surface area contributed by atoms with Crippen LogP contribution in [0.5, 0.6) is 0 Å². The van der Waals surface area contributed by atoms with Crippen LogP contribution in [0.25, 0.3) is 11.3 Å². The van der Waals surface area contributed by atoms with Crippen molar-refractivity contribution in [1.82, 2.24) is 9.78 Å². The summed E-state index contributed by atoms with van der Waals surface area (Å²) in [6.07, 6.45) is 0. The van der Waals surface area contributed by atoms with Crippen LogP contribution in [0.1, 0.15) is 26.3 Å². The van der Waals surface area contributed by atoms with E-state index >= 15 is 0 Å². The minimum atomic E-state index is -0.276. The number of nitriles is 1. The van der Waals surface area contributed by atoms with Gasteiger partial charge in [-0.05, 0) is 32.9 Å². The SMILES string of the molecule is CC(C)(C)n1nc(-c2ccc(N)cc2)c(C#N)c1N. The second-order valence-electron chi connectivity index (χ2n) is 5.43. The third-order valence-electron chi connectivity index (χ3n) is 2.85. The fraction of sp³-hybridized carbons (Fsp3) is 0.286. The Bertz CT molecular complexity index is 638. The van der Waals surface area contributed by atoms with Crippen LogP contribution in [0, 0.1) is 11.3 Å². The van der Waals surface area contributed by atoms with Crippen molar-refractivity contribution < 1.29 is 0 Å². The largest absolute Gasteiger partial charge is 0.399 e. The normalized spacial score (nSPS) is 11.3. The highest BCUT2D eigenvalue weighted by atomic mass is 15.3. The molecule has 4 N–H and O–H groups in total. The van der Waals surface area contributed by atoms with Gasteiger partial charge in [0.15, 0.2) is 0 Å². The van der Waals surface area contributed by atoms with E-state index < -0.39 is 0 Å². The van der Waals surface area contributed by atoms with Gasteiger partial charge in [-0.25, -0.2) is 4.68 Å². The summed E-state index contributed by atoms with van der Waals surface area (Å²) < 4.78 is 1.68. The zero-order chi connectivity index (χ0) is 14.2. The number of hydrogen-bond donors (Lipinski definition) is 2. The molecule has 0 unspecified atom stereocenters. The van der Waals surface area contributed by atoms with E-state index in [4.69, 9.17) is 11.5 Å². The Hall–Kier alpha value is -2.48. The Balaban J connectivity index is 2.65. The van der Waals surface area contributed by atoms with Gasteiger partial charge in [0, 0.05) is 11.3 Å². The van der Waals surface area contributed by atoms with Crippen LogP contribution in [0.4, 0.5) is 11.5 Å². The molecule has 0 aliphatic heterocycles. The van der Waals surface area contributed by atoms with Gasteiger partial charge >= 0.3 is 0 Å². The fourth-order valence-corrected chi connectivity index (χ4v) is 1.90. The van der Waals surface area contributed by atoms with Gasteiger partial charge in [-0.3, -0.25) is 0 Å². The smallest absolute Gasteiger partial charge is 0.141 e. The molecule has 0 spiro atoms. The predicted molar refractivity (Wildman–Crippen MR) is 76.2 cm³/mol. The lowest BCUT2D eigenvalue weighted by Crippen LogP contribution is -2.24. The Labute approximate surface area is 112 Å². The summed E-state index contributed by atoms with van der Waals surface area (Å²) in [4.78, 5) is 0. The molecule has 5 nitrogen and oxygen atoms in total. The molecule has 1 aromatic heterocycles. The van der Waals surface area contributed by atoms with E-state index in [1.807, 2.05) is 32.9 Å². The van der Waals surface area contributed by atoms with Crippen molar-refractivity contribution in [3.05, 3.63) is 29.8 Å². The maximum Gasteiger partial charge on any atom is 0.141 e. The first kappa shape index (κ1) is 13.0. The minimum Gasteiger partial charge on any atom is -0.399 e. The third kappa shape index (κ3) is 2.25. The van der Waals surface area contributed by atoms with E-state index in [0.717, 1.165) is 5.56 Å². The molecule has 5 heteroatoms. The number of hydrogen-bond acceptors (Lipinski definition) is 4. The molecule has 98 valence electrons. The van der Waals surface area contributed by atoms with E-state index in [1.165, 1.54) is 0 Å². The molecule has 0 fully saturated rings. The van der Waals surface area contributed by atoms with E-state index in [0.29, 0.717) is 22.8 Å². The van der Waals surface area contributed by atoms with Gasteiger partial charge in [-0.15, -0.1) is 0 Å². The molecular weight excluding hydrogens is 238 g/mol. The van der Waals surface area contributed by atoms with E-state index in [9.17, 15) is 5.26 Å². The quantitative estimate of drug-likeness (QED) is 0.765. The standard InChI is InChI=1S/C14H17N5/c1-14(2,3)19-13(17)11(8-15)12(18-19)9-4-6-10(16)7-5-9/h4-7H,16-17H2,1-3H3. The molecule has 1 aromatic carbocycles. The highest BCUT2D eigenvalue weighted by Gasteiger charge is 2.23. The van der Waals surface area contributed by atoms with Gasteiger partial charge in [0.25, 0.3) is 0 Å². The summed E-state index contributed by atoms with van der Waals surface area (Å²) in [7, 11) is 0. The van der Waals surface area contributed by atoms with Crippen molar-refractivity contribution in [2.24, 2.45) is 0 Å². The molecule has 0 bridgehead atoms. The Morgan fingerprint density at radius 1 is 1.16 bits per heavy atom. The molecule has 0 saturated heterocycles. The molecule has 19 heavy (non-hydrogen) atoms. The number of benzene rings is 1. The van der Waals surface area contributed by atoms with Crippen LogP contribution in [-0.4, -0.2) is 9.78 Å². The summed E-state index contributed by atoms with van der Waals surface area (Å²) in [6, 6.07) is 9.37. The van der Waals surface area contributed by atoms with Gasteiger partial charge in [-0.2, -0.15) is 10.4 Å². The lowest BCUT2D eigenvalue weighted by molar-refractivity contribution is 0.362. The van der Waals surface area contributed by atoms with Gasteiger partial charge in [0.2, 0.25) is 0 Å². The number of nitrogen functional groups attached to an aromatic ring is 2. The van der Waals surface area contributed by atoms with Crippen LogP contribution in [0.2, 0.25) is 0 Å². The summed E-state index contributed by atoms with van der Waals surface area (Å²) in [5.41, 5.74) is 13.9. The molecule has 2 rings (SSSR count). The molecule has 1 heterocycles. The monoisotopic (exact) mass is 255 g/mol. The summed E-state index contributed by atoms with van der Waals surface area (Å²) in [5, 5.41) is 13.8. The summed E-state index contributed by atoms with van der Waals surface area (Å²) in [6.45, 7) is 5.97. The fourth-order valence-electron chi connectivity index (χ4n) is 1.90. The molecule has 0 aliphatic carbocycles. The van der Waals surface area contributed by atoms with Gasteiger partial charge in [0.1, 0.15) is 23.1 Å². The first-order valence-corrected chi connectivity index (χ1v) is 5.99. The lowest BCUT2D eigenvalue weighted by Gasteiger charge is -2.20. The number of anilines is 2. The van der Waals surface area contributed by atoms with Crippen molar-refractivity contribution in [1.29, 1.82) is 5.26 Å². The number of nitrogens with two attached hydrogens (primary N) is 2. The predicted octanol–water partition coefficient (Wildman–Crippen LogP) is 2.34.